The second-order valence-corrected chi connectivity index (χ2v) is 4.55. The molecule has 0 bridgehead atoms. The third kappa shape index (κ3) is 1.49. The van der Waals surface area contributed by atoms with Crippen LogP contribution in [-0.4, -0.2) is 15.7 Å². The highest BCUT2D eigenvalue weighted by atomic mass is 14.1. The molecule has 0 N–H and O–H groups in total. The van der Waals surface area contributed by atoms with Gasteiger partial charge in [-0.2, -0.15) is 0 Å². The second kappa shape index (κ2) is 3.44. The van der Waals surface area contributed by atoms with Crippen LogP contribution in [-0.2, 0) is 0 Å². The van der Waals surface area contributed by atoms with E-state index in [0.29, 0.717) is 0 Å². The van der Waals surface area contributed by atoms with Crippen molar-refractivity contribution < 1.29 is 0 Å². The summed E-state index contributed by atoms with van der Waals surface area (Å²) in [4.78, 5) is 0. The van der Waals surface area contributed by atoms with Crippen LogP contribution in [0.1, 0.15) is 16.7 Å². The fraction of sp³-hybridized carbons (Fsp3) is 0.231. The number of fused-ring (bicyclic) bond motifs is 1. The first-order chi connectivity index (χ1) is 7.02. The van der Waals surface area contributed by atoms with Gasteiger partial charge >= 0.3 is 0 Å². The lowest BCUT2D eigenvalue weighted by molar-refractivity contribution is 1.38. The van der Waals surface area contributed by atoms with E-state index < -0.39 is 0 Å². The highest BCUT2D eigenvalue weighted by Crippen LogP contribution is 2.19. The van der Waals surface area contributed by atoms with Gasteiger partial charge in [0.25, 0.3) is 0 Å². The molecule has 0 nitrogen and oxygen atoms in total. The topological polar surface area (TPSA) is 0 Å². The Bertz CT molecular complexity index is 542. The Balaban J connectivity index is 3.00. The number of aryl methyl sites for hydroxylation is 3. The van der Waals surface area contributed by atoms with E-state index in [1.165, 1.54) is 38.4 Å². The lowest BCUT2D eigenvalue weighted by atomic mass is 9.74. The summed E-state index contributed by atoms with van der Waals surface area (Å²) in [6.07, 6.45) is 0. The first kappa shape index (κ1) is 10.4. The fourth-order valence-electron chi connectivity index (χ4n) is 2.28. The molecule has 0 fully saturated rings. The molecule has 0 radical (unpaired) electrons. The van der Waals surface area contributed by atoms with Gasteiger partial charge in [-0.3, -0.25) is 0 Å². The van der Waals surface area contributed by atoms with E-state index in [2.05, 4.69) is 54.7 Å². The summed E-state index contributed by atoms with van der Waals surface area (Å²) >= 11 is 0. The second-order valence-electron chi connectivity index (χ2n) is 4.55. The molecule has 0 aromatic heterocycles. The highest BCUT2D eigenvalue weighted by Gasteiger charge is 2.06. The molecule has 0 saturated carbocycles. The predicted octanol–water partition coefficient (Wildman–Crippen LogP) is 0.282. The zero-order valence-electron chi connectivity index (χ0n) is 10.2. The van der Waals surface area contributed by atoms with Crippen molar-refractivity contribution in [3.63, 3.8) is 0 Å². The first-order valence-corrected chi connectivity index (χ1v) is 5.49. The van der Waals surface area contributed by atoms with Crippen molar-refractivity contribution in [1.29, 1.82) is 0 Å². The van der Waals surface area contributed by atoms with Crippen molar-refractivity contribution in [2.45, 2.75) is 20.8 Å². The molecule has 0 atom stereocenters. The maximum Gasteiger partial charge on any atom is 0.139 e. The largest absolute Gasteiger partial charge is 0.139 e. The summed E-state index contributed by atoms with van der Waals surface area (Å²) in [6.45, 7) is 6.60. The third-order valence-corrected chi connectivity index (χ3v) is 3.67. The molecule has 74 valence electrons. The molecular weight excluding hydrogens is 178 g/mol. The number of rotatable bonds is 0. The average Bonchev–Trinajstić information content (AvgIpc) is 2.20. The summed E-state index contributed by atoms with van der Waals surface area (Å²) in [5, 5.41) is 2.82. The van der Waals surface area contributed by atoms with Gasteiger partial charge in [0, 0.05) is 0 Å². The Morgan fingerprint density at radius 3 is 2.20 bits per heavy atom. The summed E-state index contributed by atoms with van der Waals surface area (Å²) < 4.78 is 0. The lowest BCUT2D eigenvalue weighted by Gasteiger charge is -2.13. The lowest BCUT2D eigenvalue weighted by Crippen LogP contribution is -2.29. The van der Waals surface area contributed by atoms with E-state index in [1.807, 2.05) is 0 Å². The molecule has 0 unspecified atom stereocenters. The van der Waals surface area contributed by atoms with Crippen LogP contribution in [0.4, 0.5) is 0 Å². The van der Waals surface area contributed by atoms with Crippen molar-refractivity contribution in [2.24, 2.45) is 0 Å². The first-order valence-electron chi connectivity index (χ1n) is 5.49. The van der Waals surface area contributed by atoms with Crippen LogP contribution in [0.5, 0.6) is 0 Å². The smallest absolute Gasteiger partial charge is 0.0916 e. The van der Waals surface area contributed by atoms with Crippen LogP contribution in [0, 0.1) is 20.8 Å². The predicted molar refractivity (Wildman–Crippen MR) is 74.5 cm³/mol. The van der Waals surface area contributed by atoms with Gasteiger partial charge in [-0.05, 0) is 42.7 Å². The Labute approximate surface area is 93.5 Å². The van der Waals surface area contributed by atoms with Crippen LogP contribution in [0.3, 0.4) is 0 Å². The molecule has 0 saturated heterocycles. The summed E-state index contributed by atoms with van der Waals surface area (Å²) in [6, 6.07) is 6.74. The standard InChI is InChI=1S/C13H16B2/c1-7-4-5-10-6-8(2)12(14)13(15)11(10)9(7)3/h4-6H,14-15H2,1-3H3. The van der Waals surface area contributed by atoms with Crippen LogP contribution in [0.15, 0.2) is 18.2 Å². The molecule has 0 aliphatic heterocycles. The van der Waals surface area contributed by atoms with Crippen LogP contribution in [0.25, 0.3) is 10.8 Å². The minimum atomic E-state index is 1.37. The van der Waals surface area contributed by atoms with E-state index in [0.717, 1.165) is 0 Å². The molecule has 2 rings (SSSR count). The molecule has 2 heteroatoms. The van der Waals surface area contributed by atoms with Gasteiger partial charge in [0.05, 0.1) is 0 Å². The van der Waals surface area contributed by atoms with Crippen molar-refractivity contribution in [3.8, 4) is 0 Å². The number of benzene rings is 2. The highest BCUT2D eigenvalue weighted by molar-refractivity contribution is 6.53. The van der Waals surface area contributed by atoms with Gasteiger partial charge in [-0.15, -0.1) is 0 Å². The molecular formula is C13H16B2. The molecule has 15 heavy (non-hydrogen) atoms. The summed E-state index contributed by atoms with van der Waals surface area (Å²) in [5.41, 5.74) is 7.06. The molecule has 0 spiro atoms. The fourth-order valence-corrected chi connectivity index (χ4v) is 2.28. The van der Waals surface area contributed by atoms with E-state index in [4.69, 9.17) is 0 Å². The zero-order valence-corrected chi connectivity index (χ0v) is 10.2. The molecule has 0 heterocycles. The van der Waals surface area contributed by atoms with Crippen molar-refractivity contribution in [3.05, 3.63) is 34.9 Å². The van der Waals surface area contributed by atoms with E-state index >= 15 is 0 Å². The van der Waals surface area contributed by atoms with E-state index in [9.17, 15) is 0 Å². The van der Waals surface area contributed by atoms with Crippen LogP contribution >= 0.6 is 0 Å². The van der Waals surface area contributed by atoms with E-state index in [-0.39, 0.29) is 0 Å². The van der Waals surface area contributed by atoms with E-state index in [1.54, 1.807) is 0 Å². The molecule has 2 aromatic rings. The normalized spacial score (nSPS) is 10.9. The Morgan fingerprint density at radius 2 is 1.53 bits per heavy atom. The van der Waals surface area contributed by atoms with Gasteiger partial charge in [0.2, 0.25) is 0 Å². The number of hydrogen-bond donors (Lipinski definition) is 0. The Hall–Kier alpha value is -1.17. The summed E-state index contributed by atoms with van der Waals surface area (Å²) in [7, 11) is 4.45. The molecule has 0 aliphatic carbocycles. The Kier molecular flexibility index (Phi) is 2.38. The Morgan fingerprint density at radius 1 is 0.867 bits per heavy atom. The van der Waals surface area contributed by atoms with Gasteiger partial charge < -0.3 is 0 Å². The van der Waals surface area contributed by atoms with Gasteiger partial charge in [-0.1, -0.05) is 34.7 Å². The average molecular weight is 194 g/mol. The molecule has 2 aromatic carbocycles. The zero-order chi connectivity index (χ0) is 11.2. The molecule has 0 amide bonds. The van der Waals surface area contributed by atoms with Crippen LogP contribution in [0.2, 0.25) is 0 Å². The maximum atomic E-state index is 2.30. The van der Waals surface area contributed by atoms with Crippen molar-refractivity contribution in [1.82, 2.24) is 0 Å². The SMILES string of the molecule is Bc1c(C)cc2ccc(C)c(C)c2c1B. The van der Waals surface area contributed by atoms with Crippen LogP contribution < -0.4 is 10.9 Å². The van der Waals surface area contributed by atoms with Crippen molar-refractivity contribution >= 4 is 37.4 Å². The van der Waals surface area contributed by atoms with Crippen molar-refractivity contribution in [2.75, 3.05) is 0 Å². The minimum absolute atomic E-state index is 1.37. The van der Waals surface area contributed by atoms with Gasteiger partial charge in [0.15, 0.2) is 0 Å². The number of hydrogen-bond acceptors (Lipinski definition) is 0. The third-order valence-electron chi connectivity index (χ3n) is 3.67. The summed E-state index contributed by atoms with van der Waals surface area (Å²) in [5.74, 6) is 0. The van der Waals surface area contributed by atoms with Gasteiger partial charge in [-0.25, -0.2) is 0 Å². The molecule has 0 aliphatic rings. The monoisotopic (exact) mass is 194 g/mol. The maximum absolute atomic E-state index is 2.30. The minimum Gasteiger partial charge on any atom is -0.0916 e. The van der Waals surface area contributed by atoms with Gasteiger partial charge in [0.1, 0.15) is 15.7 Å². The quantitative estimate of drug-likeness (QED) is 0.528.